The van der Waals surface area contributed by atoms with E-state index in [2.05, 4.69) is 15.7 Å². The number of nitriles is 1. The third kappa shape index (κ3) is 3.31. The third-order valence-corrected chi connectivity index (χ3v) is 7.01. The fourth-order valence-corrected chi connectivity index (χ4v) is 5.39. The van der Waals surface area contributed by atoms with Gasteiger partial charge in [-0.05, 0) is 43.5 Å². The lowest BCUT2D eigenvalue weighted by Crippen LogP contribution is -2.22. The number of aryl methyl sites for hydroxylation is 1. The zero-order valence-electron chi connectivity index (χ0n) is 19.5. The average molecular weight is 464 g/mol. The van der Waals surface area contributed by atoms with E-state index in [1.54, 1.807) is 0 Å². The predicted octanol–water partition coefficient (Wildman–Crippen LogP) is 4.97. The number of hydrogen-bond acceptors (Lipinski definition) is 5. The first kappa shape index (κ1) is 21.2. The molecule has 3 aromatic heterocycles. The fraction of sp³-hybridized carbons (Fsp3) is 0.259. The topological polar surface area (TPSA) is 118 Å². The van der Waals surface area contributed by atoms with Gasteiger partial charge in [0.25, 0.3) is 5.56 Å². The summed E-state index contributed by atoms with van der Waals surface area (Å²) in [5, 5.41) is 12.8. The first-order valence-electron chi connectivity index (χ1n) is 12.0. The molecule has 0 radical (unpaired) electrons. The highest BCUT2D eigenvalue weighted by molar-refractivity contribution is 5.85. The molecular formula is C27H25N7O. The molecule has 1 fully saturated rings. The number of benzene rings is 2. The predicted molar refractivity (Wildman–Crippen MR) is 136 cm³/mol. The zero-order chi connectivity index (χ0) is 24.1. The van der Waals surface area contributed by atoms with Crippen LogP contribution in [0.3, 0.4) is 0 Å². The van der Waals surface area contributed by atoms with E-state index in [1.165, 1.54) is 10.9 Å². The number of imidazole rings is 1. The van der Waals surface area contributed by atoms with Gasteiger partial charge in [0.2, 0.25) is 0 Å². The Labute approximate surface area is 201 Å². The molecule has 0 amide bonds. The van der Waals surface area contributed by atoms with Crippen LogP contribution in [0.25, 0.3) is 39.2 Å². The van der Waals surface area contributed by atoms with E-state index >= 15 is 0 Å². The summed E-state index contributed by atoms with van der Waals surface area (Å²) in [6, 6.07) is 17.6. The van der Waals surface area contributed by atoms with E-state index in [4.69, 9.17) is 15.7 Å². The summed E-state index contributed by atoms with van der Waals surface area (Å²) in [6.07, 6.45) is 5.57. The number of nitrogens with one attached hydrogen (secondary N) is 1. The van der Waals surface area contributed by atoms with Crippen molar-refractivity contribution in [3.05, 3.63) is 70.3 Å². The first-order valence-corrected chi connectivity index (χ1v) is 12.0. The number of nitrogens with two attached hydrogens (primary N) is 1. The molecule has 0 unspecified atom stereocenters. The molecule has 0 atom stereocenters. The van der Waals surface area contributed by atoms with Gasteiger partial charge < -0.3 is 10.3 Å². The van der Waals surface area contributed by atoms with Gasteiger partial charge >= 0.3 is 0 Å². The maximum absolute atomic E-state index is 13.9. The number of rotatable bonds is 3. The Balaban J connectivity index is 1.65. The molecule has 0 aliphatic heterocycles. The van der Waals surface area contributed by atoms with Crippen molar-refractivity contribution in [1.82, 2.24) is 24.1 Å². The van der Waals surface area contributed by atoms with Crippen molar-refractivity contribution < 1.29 is 0 Å². The summed E-state index contributed by atoms with van der Waals surface area (Å²) < 4.78 is 3.57. The summed E-state index contributed by atoms with van der Waals surface area (Å²) in [6.45, 7) is 1.84. The molecular weight excluding hydrogens is 438 g/mol. The molecule has 35 heavy (non-hydrogen) atoms. The van der Waals surface area contributed by atoms with Gasteiger partial charge in [-0.15, -0.1) is 0 Å². The molecule has 5 aromatic rings. The Hall–Kier alpha value is -4.38. The van der Waals surface area contributed by atoms with E-state index in [0.29, 0.717) is 39.7 Å². The second kappa shape index (κ2) is 8.13. The molecule has 6 rings (SSSR count). The van der Waals surface area contributed by atoms with Crippen molar-refractivity contribution in [3.63, 3.8) is 0 Å². The summed E-state index contributed by atoms with van der Waals surface area (Å²) in [4.78, 5) is 23.7. The van der Waals surface area contributed by atoms with Gasteiger partial charge in [-0.25, -0.2) is 9.97 Å². The normalized spacial score (nSPS) is 14.5. The standard InChI is InChI=1S/C27H25N7O/c1-16-23(25-31-20-13-12-18(29)14-22(20)33(25)19-10-6-3-7-11-19)27(35)34-26(30-16)24(21(15-28)32-34)17-8-4-2-5-9-17/h2,4-5,8-9,12-14,19,32H,3,6-7,10-11,29H2,1H3. The molecule has 1 saturated carbocycles. The maximum Gasteiger partial charge on any atom is 0.284 e. The molecule has 0 saturated heterocycles. The van der Waals surface area contributed by atoms with Gasteiger partial charge in [-0.2, -0.15) is 9.78 Å². The number of hydrogen-bond donors (Lipinski definition) is 2. The molecule has 3 heterocycles. The van der Waals surface area contributed by atoms with Crippen molar-refractivity contribution in [2.24, 2.45) is 0 Å². The van der Waals surface area contributed by atoms with Crippen LogP contribution in [0.5, 0.6) is 0 Å². The number of anilines is 1. The maximum atomic E-state index is 13.9. The highest BCUT2D eigenvalue weighted by atomic mass is 16.1. The van der Waals surface area contributed by atoms with Crippen LogP contribution in [0.15, 0.2) is 53.3 Å². The Bertz CT molecular complexity index is 1680. The summed E-state index contributed by atoms with van der Waals surface area (Å²) in [5.41, 5.74) is 11.5. The van der Waals surface area contributed by atoms with E-state index in [9.17, 15) is 10.1 Å². The van der Waals surface area contributed by atoms with Gasteiger partial charge in [-0.3, -0.25) is 9.89 Å². The molecule has 1 aliphatic carbocycles. The van der Waals surface area contributed by atoms with Crippen LogP contribution in [0, 0.1) is 18.3 Å². The van der Waals surface area contributed by atoms with Crippen LogP contribution in [0.4, 0.5) is 5.69 Å². The SMILES string of the molecule is Cc1nc2c(-c3ccccc3)c(C#N)[nH]n2c(=O)c1-c1nc2ccc(N)cc2n1C1CCCCC1. The summed E-state index contributed by atoms with van der Waals surface area (Å²) >= 11 is 0. The van der Waals surface area contributed by atoms with Gasteiger partial charge in [0.1, 0.15) is 23.2 Å². The van der Waals surface area contributed by atoms with Crippen LogP contribution in [-0.2, 0) is 0 Å². The lowest BCUT2D eigenvalue weighted by Gasteiger charge is -2.25. The highest BCUT2D eigenvalue weighted by Gasteiger charge is 2.27. The molecule has 3 N–H and O–H groups in total. The van der Waals surface area contributed by atoms with Crippen LogP contribution in [-0.4, -0.2) is 24.1 Å². The van der Waals surface area contributed by atoms with Crippen LogP contribution in [0.2, 0.25) is 0 Å². The van der Waals surface area contributed by atoms with Gasteiger partial charge in [0, 0.05) is 11.7 Å². The van der Waals surface area contributed by atoms with Crippen molar-refractivity contribution in [2.75, 3.05) is 5.73 Å². The minimum Gasteiger partial charge on any atom is -0.399 e. The monoisotopic (exact) mass is 463 g/mol. The molecule has 8 heteroatoms. The Morgan fingerprint density at radius 3 is 2.57 bits per heavy atom. The molecule has 8 nitrogen and oxygen atoms in total. The van der Waals surface area contributed by atoms with Crippen molar-refractivity contribution in [3.8, 4) is 28.6 Å². The first-order chi connectivity index (χ1) is 17.1. The van der Waals surface area contributed by atoms with Gasteiger partial charge in [0.05, 0.1) is 22.3 Å². The number of nitrogen functional groups attached to an aromatic ring is 1. The quantitative estimate of drug-likeness (QED) is 0.366. The van der Waals surface area contributed by atoms with Crippen molar-refractivity contribution in [2.45, 2.75) is 45.1 Å². The summed E-state index contributed by atoms with van der Waals surface area (Å²) in [7, 11) is 0. The van der Waals surface area contributed by atoms with Crippen molar-refractivity contribution in [1.29, 1.82) is 5.26 Å². The Morgan fingerprint density at radius 1 is 1.06 bits per heavy atom. The van der Waals surface area contributed by atoms with E-state index in [1.807, 2.05) is 55.5 Å². The third-order valence-electron chi connectivity index (χ3n) is 7.01. The van der Waals surface area contributed by atoms with Gasteiger partial charge in [0.15, 0.2) is 5.65 Å². The highest BCUT2D eigenvalue weighted by Crippen LogP contribution is 2.37. The van der Waals surface area contributed by atoms with E-state index in [-0.39, 0.29) is 11.6 Å². The molecule has 1 aliphatic rings. The van der Waals surface area contributed by atoms with Crippen molar-refractivity contribution >= 4 is 22.4 Å². The second-order valence-electron chi connectivity index (χ2n) is 9.22. The minimum absolute atomic E-state index is 0.239. The molecule has 2 aromatic carbocycles. The molecule has 174 valence electrons. The number of fused-ring (bicyclic) bond motifs is 2. The van der Waals surface area contributed by atoms with Crippen LogP contribution in [0.1, 0.15) is 49.5 Å². The Morgan fingerprint density at radius 2 is 1.83 bits per heavy atom. The van der Waals surface area contributed by atoms with E-state index in [0.717, 1.165) is 42.3 Å². The fourth-order valence-electron chi connectivity index (χ4n) is 5.39. The number of aromatic amines is 1. The second-order valence-corrected chi connectivity index (χ2v) is 9.22. The van der Waals surface area contributed by atoms with Crippen LogP contribution < -0.4 is 11.3 Å². The van der Waals surface area contributed by atoms with Crippen LogP contribution >= 0.6 is 0 Å². The zero-order valence-corrected chi connectivity index (χ0v) is 19.5. The molecule has 0 bridgehead atoms. The molecule has 0 spiro atoms. The summed E-state index contributed by atoms with van der Waals surface area (Å²) in [5.74, 6) is 0.608. The number of nitrogens with zero attached hydrogens (tertiary/aromatic N) is 5. The van der Waals surface area contributed by atoms with E-state index < -0.39 is 0 Å². The number of aromatic nitrogens is 5. The smallest absolute Gasteiger partial charge is 0.284 e. The average Bonchev–Trinajstić information content (AvgIpc) is 3.43. The lowest BCUT2D eigenvalue weighted by atomic mass is 9.95. The number of H-pyrrole nitrogens is 1. The Kier molecular flexibility index (Phi) is 4.92. The lowest BCUT2D eigenvalue weighted by molar-refractivity contribution is 0.362. The van der Waals surface area contributed by atoms with Gasteiger partial charge in [-0.1, -0.05) is 49.6 Å². The largest absolute Gasteiger partial charge is 0.399 e. The minimum atomic E-state index is -0.272.